The highest BCUT2D eigenvalue weighted by atomic mass is 79.9. The Bertz CT molecular complexity index is 436. The molecule has 0 radical (unpaired) electrons. The summed E-state index contributed by atoms with van der Waals surface area (Å²) in [5.74, 6) is 0.666. The van der Waals surface area contributed by atoms with Gasteiger partial charge in [-0.05, 0) is 59.2 Å². The summed E-state index contributed by atoms with van der Waals surface area (Å²) in [5, 5.41) is 9.88. The van der Waals surface area contributed by atoms with Crippen LogP contribution in [-0.4, -0.2) is 29.4 Å². The molecule has 3 rings (SSSR count). The third kappa shape index (κ3) is 2.33. The molecule has 1 saturated heterocycles. The fourth-order valence-corrected chi connectivity index (χ4v) is 3.53. The van der Waals surface area contributed by atoms with Gasteiger partial charge in [-0.2, -0.15) is 0 Å². The van der Waals surface area contributed by atoms with Gasteiger partial charge in [0.1, 0.15) is 0 Å². The predicted octanol–water partition coefficient (Wildman–Crippen LogP) is 2.56. The third-order valence-corrected chi connectivity index (χ3v) is 4.62. The van der Waals surface area contributed by atoms with Gasteiger partial charge in [-0.15, -0.1) is 0 Å². The molecular formula is C14H18BrNO2. The third-order valence-electron chi connectivity index (χ3n) is 4.18. The summed E-state index contributed by atoms with van der Waals surface area (Å²) >= 11 is 3.45. The van der Waals surface area contributed by atoms with Crippen molar-refractivity contribution in [1.82, 2.24) is 4.98 Å². The quantitative estimate of drug-likeness (QED) is 0.929. The number of nitrogens with zero attached hydrogens (tertiary/aromatic N) is 1. The van der Waals surface area contributed by atoms with Crippen molar-refractivity contribution in [2.75, 3.05) is 13.2 Å². The van der Waals surface area contributed by atoms with E-state index in [4.69, 9.17) is 4.74 Å². The SMILES string of the molecule is OCC1(Cc2cncc(Br)c2)CCOC1C1CC1. The molecule has 2 atom stereocenters. The molecule has 1 aromatic heterocycles. The lowest BCUT2D eigenvalue weighted by atomic mass is 9.75. The summed E-state index contributed by atoms with van der Waals surface area (Å²) in [7, 11) is 0. The van der Waals surface area contributed by atoms with Crippen LogP contribution in [0.15, 0.2) is 22.9 Å². The van der Waals surface area contributed by atoms with E-state index in [1.807, 2.05) is 6.20 Å². The average molecular weight is 312 g/mol. The predicted molar refractivity (Wildman–Crippen MR) is 72.2 cm³/mol. The van der Waals surface area contributed by atoms with Gasteiger partial charge in [0, 0.05) is 28.9 Å². The Labute approximate surface area is 116 Å². The Kier molecular flexibility index (Phi) is 3.43. The summed E-state index contributed by atoms with van der Waals surface area (Å²) in [5.41, 5.74) is 1.08. The average Bonchev–Trinajstić information content (AvgIpc) is 3.12. The van der Waals surface area contributed by atoms with Gasteiger partial charge in [0.15, 0.2) is 0 Å². The van der Waals surface area contributed by atoms with Gasteiger partial charge in [0.2, 0.25) is 0 Å². The van der Waals surface area contributed by atoms with Crippen molar-refractivity contribution < 1.29 is 9.84 Å². The molecule has 1 aliphatic carbocycles. The topological polar surface area (TPSA) is 42.4 Å². The lowest BCUT2D eigenvalue weighted by molar-refractivity contribution is 0.000544. The molecule has 2 fully saturated rings. The Hall–Kier alpha value is -0.450. The van der Waals surface area contributed by atoms with E-state index in [0.717, 1.165) is 23.9 Å². The first kappa shape index (κ1) is 12.6. The molecule has 0 aromatic carbocycles. The second-order valence-electron chi connectivity index (χ2n) is 5.59. The van der Waals surface area contributed by atoms with E-state index in [1.54, 1.807) is 6.20 Å². The van der Waals surface area contributed by atoms with Gasteiger partial charge < -0.3 is 9.84 Å². The van der Waals surface area contributed by atoms with Crippen LogP contribution in [0.5, 0.6) is 0 Å². The van der Waals surface area contributed by atoms with Crippen LogP contribution in [0.2, 0.25) is 0 Å². The van der Waals surface area contributed by atoms with Crippen LogP contribution < -0.4 is 0 Å². The number of pyridine rings is 1. The zero-order valence-corrected chi connectivity index (χ0v) is 11.9. The van der Waals surface area contributed by atoms with Crippen molar-refractivity contribution >= 4 is 15.9 Å². The van der Waals surface area contributed by atoms with E-state index in [1.165, 1.54) is 18.4 Å². The Balaban J connectivity index is 1.82. The fourth-order valence-electron chi connectivity index (χ4n) is 3.12. The number of aliphatic hydroxyl groups is 1. The molecule has 1 aromatic rings. The van der Waals surface area contributed by atoms with Crippen LogP contribution >= 0.6 is 15.9 Å². The van der Waals surface area contributed by atoms with Crippen LogP contribution in [0.4, 0.5) is 0 Å². The summed E-state index contributed by atoms with van der Waals surface area (Å²) in [6.07, 6.45) is 8.24. The molecule has 1 N–H and O–H groups in total. The normalized spacial score (nSPS) is 31.8. The fraction of sp³-hybridized carbons (Fsp3) is 0.643. The molecule has 98 valence electrons. The second kappa shape index (κ2) is 4.91. The van der Waals surface area contributed by atoms with Gasteiger partial charge in [-0.25, -0.2) is 0 Å². The number of ether oxygens (including phenoxy) is 1. The lowest BCUT2D eigenvalue weighted by Gasteiger charge is -2.32. The van der Waals surface area contributed by atoms with E-state index in [2.05, 4.69) is 27.0 Å². The second-order valence-corrected chi connectivity index (χ2v) is 6.50. The summed E-state index contributed by atoms with van der Waals surface area (Å²) in [6.45, 7) is 0.990. The smallest absolute Gasteiger partial charge is 0.0685 e. The molecule has 18 heavy (non-hydrogen) atoms. The number of hydrogen-bond donors (Lipinski definition) is 1. The minimum atomic E-state index is -0.0936. The standard InChI is InChI=1S/C14H18BrNO2/c15-12-5-10(7-16-8-12)6-14(9-17)3-4-18-13(14)11-1-2-11/h5,7-8,11,13,17H,1-4,6,9H2. The molecule has 0 spiro atoms. The van der Waals surface area contributed by atoms with Crippen molar-refractivity contribution in [3.05, 3.63) is 28.5 Å². The summed E-state index contributed by atoms with van der Waals surface area (Å²) in [4.78, 5) is 4.21. The molecule has 0 amide bonds. The molecule has 1 saturated carbocycles. The van der Waals surface area contributed by atoms with Crippen molar-refractivity contribution in [1.29, 1.82) is 0 Å². The number of rotatable bonds is 4. The number of halogens is 1. The largest absolute Gasteiger partial charge is 0.396 e. The first-order valence-corrected chi connectivity index (χ1v) is 7.35. The van der Waals surface area contributed by atoms with Crippen molar-refractivity contribution in [3.8, 4) is 0 Å². The molecule has 4 heteroatoms. The Morgan fingerprint density at radius 2 is 2.28 bits per heavy atom. The lowest BCUT2D eigenvalue weighted by Crippen LogP contribution is -2.38. The number of aliphatic hydroxyl groups excluding tert-OH is 1. The van der Waals surface area contributed by atoms with Crippen molar-refractivity contribution in [2.24, 2.45) is 11.3 Å². The van der Waals surface area contributed by atoms with Gasteiger partial charge in [-0.3, -0.25) is 4.98 Å². The maximum Gasteiger partial charge on any atom is 0.0685 e. The maximum atomic E-state index is 9.88. The first-order chi connectivity index (χ1) is 8.73. The van der Waals surface area contributed by atoms with E-state index < -0.39 is 0 Å². The first-order valence-electron chi connectivity index (χ1n) is 6.55. The van der Waals surface area contributed by atoms with Crippen LogP contribution in [0.1, 0.15) is 24.8 Å². The number of hydrogen-bond acceptors (Lipinski definition) is 3. The molecule has 2 heterocycles. The highest BCUT2D eigenvalue weighted by Crippen LogP contribution is 2.49. The molecule has 1 aliphatic heterocycles. The van der Waals surface area contributed by atoms with Crippen molar-refractivity contribution in [3.63, 3.8) is 0 Å². The zero-order chi connectivity index (χ0) is 12.6. The Morgan fingerprint density at radius 1 is 1.44 bits per heavy atom. The van der Waals surface area contributed by atoms with Crippen LogP contribution in [0, 0.1) is 11.3 Å². The summed E-state index contributed by atoms with van der Waals surface area (Å²) < 4.78 is 6.89. The Morgan fingerprint density at radius 3 is 2.94 bits per heavy atom. The maximum absolute atomic E-state index is 9.88. The number of aromatic nitrogens is 1. The van der Waals surface area contributed by atoms with Gasteiger partial charge >= 0.3 is 0 Å². The van der Waals surface area contributed by atoms with E-state index in [9.17, 15) is 5.11 Å². The van der Waals surface area contributed by atoms with Crippen molar-refractivity contribution in [2.45, 2.75) is 31.8 Å². The summed E-state index contributed by atoms with van der Waals surface area (Å²) in [6, 6.07) is 2.09. The van der Waals surface area contributed by atoms with Gasteiger partial charge in [0.05, 0.1) is 12.7 Å². The molecule has 0 bridgehead atoms. The minimum absolute atomic E-state index is 0.0936. The highest BCUT2D eigenvalue weighted by molar-refractivity contribution is 9.10. The van der Waals surface area contributed by atoms with Gasteiger partial charge in [-0.1, -0.05) is 0 Å². The molecular weight excluding hydrogens is 294 g/mol. The van der Waals surface area contributed by atoms with E-state index >= 15 is 0 Å². The monoisotopic (exact) mass is 311 g/mol. The van der Waals surface area contributed by atoms with Gasteiger partial charge in [0.25, 0.3) is 0 Å². The minimum Gasteiger partial charge on any atom is -0.396 e. The van der Waals surface area contributed by atoms with E-state index in [0.29, 0.717) is 5.92 Å². The van der Waals surface area contributed by atoms with Crippen LogP contribution in [0.3, 0.4) is 0 Å². The molecule has 3 nitrogen and oxygen atoms in total. The van der Waals surface area contributed by atoms with E-state index in [-0.39, 0.29) is 18.1 Å². The van der Waals surface area contributed by atoms with Crippen LogP contribution in [-0.2, 0) is 11.2 Å². The highest BCUT2D eigenvalue weighted by Gasteiger charge is 2.50. The molecule has 2 unspecified atom stereocenters. The molecule has 2 aliphatic rings. The van der Waals surface area contributed by atoms with Crippen LogP contribution in [0.25, 0.3) is 0 Å². The zero-order valence-electron chi connectivity index (χ0n) is 10.3.